The van der Waals surface area contributed by atoms with Gasteiger partial charge in [0, 0.05) is 29.6 Å². The third kappa shape index (κ3) is 10.4. The molecule has 3 aromatic carbocycles. The Morgan fingerprint density at radius 1 is 0.976 bits per heavy atom. The smallest absolute Gasteiger partial charge is 0.418 e. The number of para-hydroxylation sites is 1. The Hall–Kier alpha value is -3.47. The summed E-state index contributed by atoms with van der Waals surface area (Å²) in [5, 5.41) is 12.6. The first kappa shape index (κ1) is 33.0. The lowest BCUT2D eigenvalue weighted by molar-refractivity contribution is -0.150. The molecule has 0 heterocycles. The molecule has 0 saturated carbocycles. The maximum absolute atomic E-state index is 13.5. The van der Waals surface area contributed by atoms with E-state index in [9.17, 15) is 27.9 Å². The molecule has 7 nitrogen and oxygen atoms in total. The molecule has 0 radical (unpaired) electrons. The van der Waals surface area contributed by atoms with E-state index in [-0.39, 0.29) is 38.4 Å². The van der Waals surface area contributed by atoms with Crippen LogP contribution in [-0.4, -0.2) is 54.4 Å². The molecule has 42 heavy (non-hydrogen) atoms. The maximum atomic E-state index is 13.5. The first-order valence-electron chi connectivity index (χ1n) is 13.2. The number of rotatable bonds is 14. The van der Waals surface area contributed by atoms with Gasteiger partial charge in [0.2, 0.25) is 0 Å². The Morgan fingerprint density at radius 3 is 2.26 bits per heavy atom. The van der Waals surface area contributed by atoms with Gasteiger partial charge < -0.3 is 24.8 Å². The topological polar surface area (TPSA) is 88.1 Å². The van der Waals surface area contributed by atoms with E-state index in [1.54, 1.807) is 49.4 Å². The number of anilines is 1. The van der Waals surface area contributed by atoms with E-state index in [1.165, 1.54) is 23.1 Å². The molecule has 0 fully saturated rings. The fourth-order valence-electron chi connectivity index (χ4n) is 4.21. The largest absolute Gasteiger partial charge is 0.492 e. The predicted octanol–water partition coefficient (Wildman–Crippen LogP) is 7.59. The van der Waals surface area contributed by atoms with Gasteiger partial charge in [-0.25, -0.2) is 9.59 Å². The number of carboxylic acids is 1. The van der Waals surface area contributed by atoms with E-state index in [0.29, 0.717) is 28.6 Å². The summed E-state index contributed by atoms with van der Waals surface area (Å²) in [5.41, 5.74) is 0.317. The highest BCUT2D eigenvalue weighted by atomic mass is 35.5. The summed E-state index contributed by atoms with van der Waals surface area (Å²) >= 11 is 12.1. The second kappa shape index (κ2) is 15.7. The van der Waals surface area contributed by atoms with Crippen molar-refractivity contribution in [1.29, 1.82) is 0 Å². The molecular weight excluding hydrogens is 596 g/mol. The quantitative estimate of drug-likeness (QED) is 0.192. The average molecular weight is 627 g/mol. The van der Waals surface area contributed by atoms with Crippen LogP contribution in [0.5, 0.6) is 5.75 Å². The number of nitrogens with one attached hydrogen (secondary N) is 1. The number of carboxylic acid groups (broad SMARTS) is 1. The van der Waals surface area contributed by atoms with Crippen molar-refractivity contribution in [2.45, 2.75) is 38.5 Å². The first-order valence-corrected chi connectivity index (χ1v) is 13.9. The number of urea groups is 1. The number of aliphatic carboxylic acids is 1. The first-order chi connectivity index (χ1) is 20.0. The summed E-state index contributed by atoms with van der Waals surface area (Å²) in [4.78, 5) is 25.8. The van der Waals surface area contributed by atoms with Gasteiger partial charge in [-0.05, 0) is 73.4 Å². The molecule has 2 N–H and O–H groups in total. The van der Waals surface area contributed by atoms with Crippen molar-refractivity contribution in [3.63, 3.8) is 0 Å². The molecule has 1 atom stereocenters. The monoisotopic (exact) mass is 626 g/mol. The highest BCUT2D eigenvalue weighted by Gasteiger charge is 2.34. The van der Waals surface area contributed by atoms with Crippen LogP contribution < -0.4 is 10.1 Å². The lowest BCUT2D eigenvalue weighted by Gasteiger charge is -2.24. The Labute approximate surface area is 252 Å². The molecule has 3 rings (SSSR count). The predicted molar refractivity (Wildman–Crippen MR) is 156 cm³/mol. The van der Waals surface area contributed by atoms with E-state index in [0.717, 1.165) is 17.2 Å². The van der Waals surface area contributed by atoms with Crippen LogP contribution in [0.25, 0.3) is 0 Å². The van der Waals surface area contributed by atoms with Gasteiger partial charge in [-0.3, -0.25) is 0 Å². The van der Waals surface area contributed by atoms with Crippen LogP contribution in [0.4, 0.5) is 23.7 Å². The van der Waals surface area contributed by atoms with Crippen molar-refractivity contribution >= 4 is 40.9 Å². The third-order valence-corrected chi connectivity index (χ3v) is 6.63. The molecule has 1 unspecified atom stereocenters. The molecule has 0 aliphatic carbocycles. The zero-order valence-electron chi connectivity index (χ0n) is 22.8. The molecule has 0 bridgehead atoms. The number of hydrogen-bond donors (Lipinski definition) is 2. The van der Waals surface area contributed by atoms with E-state index < -0.39 is 29.8 Å². The van der Waals surface area contributed by atoms with Crippen molar-refractivity contribution in [1.82, 2.24) is 4.90 Å². The number of benzene rings is 3. The molecule has 226 valence electrons. The number of carbonyl (C=O) groups is 2. The molecular formula is C30H31Cl2F3N2O5. The van der Waals surface area contributed by atoms with Gasteiger partial charge in [-0.15, -0.1) is 0 Å². The Kier molecular flexibility index (Phi) is 12.3. The van der Waals surface area contributed by atoms with Gasteiger partial charge in [0.25, 0.3) is 0 Å². The lowest BCUT2D eigenvalue weighted by Crippen LogP contribution is -2.39. The number of aryl methyl sites for hydroxylation is 1. The fraction of sp³-hybridized carbons (Fsp3) is 0.333. The Morgan fingerprint density at radius 2 is 1.64 bits per heavy atom. The third-order valence-electron chi connectivity index (χ3n) is 6.19. The van der Waals surface area contributed by atoms with Crippen LogP contribution in [0.3, 0.4) is 0 Å². The van der Waals surface area contributed by atoms with Gasteiger partial charge in [0.05, 0.1) is 17.8 Å². The molecule has 12 heteroatoms. The van der Waals surface area contributed by atoms with Crippen molar-refractivity contribution in [2.75, 3.05) is 31.6 Å². The second-order valence-corrected chi connectivity index (χ2v) is 10.2. The zero-order chi connectivity index (χ0) is 30.7. The van der Waals surface area contributed by atoms with Crippen molar-refractivity contribution in [3.8, 4) is 5.75 Å². The van der Waals surface area contributed by atoms with Crippen molar-refractivity contribution in [3.05, 3.63) is 93.5 Å². The minimum Gasteiger partial charge on any atom is -0.492 e. The Balaban J connectivity index is 1.65. The number of alkyl halides is 3. The summed E-state index contributed by atoms with van der Waals surface area (Å²) < 4.78 is 51.5. The van der Waals surface area contributed by atoms with Crippen LogP contribution in [-0.2, 0) is 28.5 Å². The number of amides is 2. The summed E-state index contributed by atoms with van der Waals surface area (Å²) in [6.07, 6.45) is -4.38. The number of halogens is 5. The van der Waals surface area contributed by atoms with Gasteiger partial charge >= 0.3 is 18.2 Å². The zero-order valence-corrected chi connectivity index (χ0v) is 24.3. The Bertz CT molecular complexity index is 1320. The van der Waals surface area contributed by atoms with E-state index in [1.807, 2.05) is 0 Å². The number of carbonyl (C=O) groups excluding carboxylic acids is 1. The number of ether oxygens (including phenoxy) is 2. The molecule has 0 aliphatic heterocycles. The minimum atomic E-state index is -4.64. The van der Waals surface area contributed by atoms with Gasteiger partial charge in [-0.1, -0.05) is 47.5 Å². The standard InChI is InChI=1S/C30H31Cl2F3N2O5/c1-2-41-27(28(38)39)18-20-9-11-24(12-10-20)42-15-14-37(13-5-6-21-16-22(31)19-23(32)17-21)29(40)36-26-8-4-3-7-25(26)30(33,34)35/h3-4,7-12,16-17,19,27H,2,5-6,13-15,18H2,1H3,(H,36,40)(H,38,39). The van der Waals surface area contributed by atoms with Gasteiger partial charge in [0.15, 0.2) is 6.10 Å². The van der Waals surface area contributed by atoms with E-state index in [2.05, 4.69) is 5.32 Å². The highest BCUT2D eigenvalue weighted by molar-refractivity contribution is 6.34. The van der Waals surface area contributed by atoms with E-state index >= 15 is 0 Å². The van der Waals surface area contributed by atoms with Crippen LogP contribution in [0, 0.1) is 0 Å². The molecule has 0 aromatic heterocycles. The van der Waals surface area contributed by atoms with Crippen LogP contribution in [0.15, 0.2) is 66.7 Å². The number of nitrogens with zero attached hydrogens (tertiary/aromatic N) is 1. The minimum absolute atomic E-state index is 0.0629. The molecule has 2 amide bonds. The van der Waals surface area contributed by atoms with Crippen molar-refractivity contribution < 1.29 is 37.3 Å². The normalized spacial score (nSPS) is 12.0. The second-order valence-electron chi connectivity index (χ2n) is 9.32. The van der Waals surface area contributed by atoms with Gasteiger partial charge in [0.1, 0.15) is 12.4 Å². The summed E-state index contributed by atoms with van der Waals surface area (Å²) in [7, 11) is 0. The molecule has 0 saturated heterocycles. The fourth-order valence-corrected chi connectivity index (χ4v) is 4.78. The number of hydrogen-bond acceptors (Lipinski definition) is 4. The lowest BCUT2D eigenvalue weighted by atomic mass is 10.1. The van der Waals surface area contributed by atoms with Crippen LogP contribution >= 0.6 is 23.2 Å². The average Bonchev–Trinajstić information content (AvgIpc) is 2.92. The van der Waals surface area contributed by atoms with Crippen molar-refractivity contribution in [2.24, 2.45) is 0 Å². The summed E-state index contributed by atoms with van der Waals surface area (Å²) in [5.74, 6) is -0.565. The van der Waals surface area contributed by atoms with Crippen LogP contribution in [0.1, 0.15) is 30.0 Å². The maximum Gasteiger partial charge on any atom is 0.418 e. The summed E-state index contributed by atoms with van der Waals surface area (Å²) in [6, 6.07) is 16.0. The summed E-state index contributed by atoms with van der Waals surface area (Å²) in [6.45, 7) is 2.37. The molecule has 0 aliphatic rings. The SMILES string of the molecule is CCOC(Cc1ccc(OCCN(CCCc2cc(Cl)cc(Cl)c2)C(=O)Nc2ccccc2C(F)(F)F)cc1)C(=O)O. The van der Waals surface area contributed by atoms with Crippen LogP contribution in [0.2, 0.25) is 10.0 Å². The molecule has 0 spiro atoms. The van der Waals surface area contributed by atoms with Gasteiger partial charge in [-0.2, -0.15) is 13.2 Å². The molecule has 3 aromatic rings. The highest BCUT2D eigenvalue weighted by Crippen LogP contribution is 2.34. The van der Waals surface area contributed by atoms with E-state index in [4.69, 9.17) is 32.7 Å².